The largest absolute Gasteiger partial charge is 0.315 e. The molecule has 0 bridgehead atoms. The number of nitrogens with zero attached hydrogens (tertiary/aromatic N) is 1. The van der Waals surface area contributed by atoms with Gasteiger partial charge >= 0.3 is 0 Å². The van der Waals surface area contributed by atoms with E-state index in [0.29, 0.717) is 11.6 Å². The molecule has 0 radical (unpaired) electrons. The van der Waals surface area contributed by atoms with Gasteiger partial charge in [-0.25, -0.2) is 0 Å². The van der Waals surface area contributed by atoms with Crippen LogP contribution in [-0.2, 0) is 0 Å². The first-order valence-electron chi connectivity index (χ1n) is 7.53. The summed E-state index contributed by atoms with van der Waals surface area (Å²) in [4.78, 5) is 2.76. The van der Waals surface area contributed by atoms with Gasteiger partial charge in [0, 0.05) is 11.6 Å². The Balaban J connectivity index is 2.85. The number of hydrogen-bond acceptors (Lipinski definition) is 2. The highest BCUT2D eigenvalue weighted by atomic mass is 15.2. The molecule has 1 unspecified atom stereocenters. The van der Waals surface area contributed by atoms with Crippen LogP contribution in [0.5, 0.6) is 0 Å². The second-order valence-corrected chi connectivity index (χ2v) is 5.98. The molecule has 102 valence electrons. The van der Waals surface area contributed by atoms with Gasteiger partial charge in [0.2, 0.25) is 0 Å². The summed E-state index contributed by atoms with van der Waals surface area (Å²) in [7, 11) is 2.14. The Morgan fingerprint density at radius 1 is 1.12 bits per heavy atom. The van der Waals surface area contributed by atoms with Crippen LogP contribution < -0.4 is 5.32 Å². The van der Waals surface area contributed by atoms with E-state index in [9.17, 15) is 0 Å². The molecule has 0 aromatic carbocycles. The van der Waals surface area contributed by atoms with Crippen LogP contribution in [0, 0.1) is 5.92 Å². The number of nitrogens with one attached hydrogen (secondary N) is 1. The van der Waals surface area contributed by atoms with Gasteiger partial charge in [0.25, 0.3) is 0 Å². The Morgan fingerprint density at radius 2 is 1.65 bits per heavy atom. The van der Waals surface area contributed by atoms with Gasteiger partial charge in [-0.3, -0.25) is 4.90 Å². The quantitative estimate of drug-likeness (QED) is 0.735. The normalized spacial score (nSPS) is 20.1. The number of likely N-dealkylation sites (N-methyl/N-ethyl adjacent to an activating group) is 1. The third-order valence-corrected chi connectivity index (χ3v) is 4.66. The smallest absolute Gasteiger partial charge is 0.0357 e. The molecule has 2 nitrogen and oxygen atoms in total. The lowest BCUT2D eigenvalue weighted by Crippen LogP contribution is -2.59. The molecule has 2 heteroatoms. The lowest BCUT2D eigenvalue weighted by atomic mass is 9.79. The summed E-state index contributed by atoms with van der Waals surface area (Å²) in [6.07, 6.45) is 6.60. The van der Waals surface area contributed by atoms with E-state index in [1.807, 2.05) is 0 Å². The maximum atomic E-state index is 3.61. The zero-order valence-corrected chi connectivity index (χ0v) is 12.6. The maximum absolute atomic E-state index is 3.61. The highest BCUT2D eigenvalue weighted by Gasteiger charge is 2.41. The van der Waals surface area contributed by atoms with E-state index in [-0.39, 0.29) is 0 Å². The highest BCUT2D eigenvalue weighted by molar-refractivity contribution is 5.00. The van der Waals surface area contributed by atoms with E-state index in [0.717, 1.165) is 5.92 Å². The number of likely N-dealkylation sites (tertiary alicyclic amines) is 1. The molecule has 0 aliphatic carbocycles. The highest BCUT2D eigenvalue weighted by Crippen LogP contribution is 2.33. The first-order chi connectivity index (χ1) is 8.10. The summed E-state index contributed by atoms with van der Waals surface area (Å²) < 4.78 is 0. The first kappa shape index (κ1) is 15.0. The Hall–Kier alpha value is -0.0800. The summed E-state index contributed by atoms with van der Waals surface area (Å²) in [5, 5.41) is 3.61. The molecule has 1 heterocycles. The average molecular weight is 240 g/mol. The SMILES string of the molecule is CCC(CC)(C(CC(C)C)NC)N1CCCC1. The van der Waals surface area contributed by atoms with Crippen molar-refractivity contribution < 1.29 is 0 Å². The van der Waals surface area contributed by atoms with Gasteiger partial charge < -0.3 is 5.32 Å². The third-order valence-electron chi connectivity index (χ3n) is 4.66. The summed E-state index contributed by atoms with van der Waals surface area (Å²) in [5.74, 6) is 0.771. The topological polar surface area (TPSA) is 15.3 Å². The minimum Gasteiger partial charge on any atom is -0.315 e. The summed E-state index contributed by atoms with van der Waals surface area (Å²) in [6, 6.07) is 0.635. The van der Waals surface area contributed by atoms with Crippen LogP contribution >= 0.6 is 0 Å². The molecule has 0 spiro atoms. The molecular weight excluding hydrogens is 208 g/mol. The van der Waals surface area contributed by atoms with Gasteiger partial charge in [0.15, 0.2) is 0 Å². The van der Waals surface area contributed by atoms with Crippen molar-refractivity contribution in [1.82, 2.24) is 10.2 Å². The molecule has 0 aromatic heterocycles. The van der Waals surface area contributed by atoms with Crippen molar-refractivity contribution in [3.8, 4) is 0 Å². The monoisotopic (exact) mass is 240 g/mol. The van der Waals surface area contributed by atoms with Crippen molar-refractivity contribution in [2.24, 2.45) is 5.92 Å². The van der Waals surface area contributed by atoms with Crippen LogP contribution in [0.25, 0.3) is 0 Å². The van der Waals surface area contributed by atoms with Gasteiger partial charge in [0.1, 0.15) is 0 Å². The second-order valence-electron chi connectivity index (χ2n) is 5.98. The van der Waals surface area contributed by atoms with Crippen molar-refractivity contribution >= 4 is 0 Å². The van der Waals surface area contributed by atoms with E-state index < -0.39 is 0 Å². The fourth-order valence-corrected chi connectivity index (χ4v) is 3.65. The fourth-order valence-electron chi connectivity index (χ4n) is 3.65. The zero-order valence-electron chi connectivity index (χ0n) is 12.6. The van der Waals surface area contributed by atoms with Crippen LogP contribution in [0.1, 0.15) is 59.8 Å². The number of hydrogen-bond donors (Lipinski definition) is 1. The second kappa shape index (κ2) is 6.75. The Morgan fingerprint density at radius 3 is 2.00 bits per heavy atom. The molecule has 0 aromatic rings. The lowest BCUT2D eigenvalue weighted by Gasteiger charge is -2.47. The standard InChI is InChI=1S/C15H32N2/c1-6-15(7-2,17-10-8-9-11-17)14(16-5)12-13(3)4/h13-14,16H,6-12H2,1-5H3. The molecule has 1 aliphatic heterocycles. The lowest BCUT2D eigenvalue weighted by molar-refractivity contribution is 0.0568. The predicted octanol–water partition coefficient (Wildman–Crippen LogP) is 3.28. The summed E-state index contributed by atoms with van der Waals surface area (Å²) in [6.45, 7) is 12.0. The Bertz CT molecular complexity index is 203. The average Bonchev–Trinajstić information content (AvgIpc) is 2.83. The van der Waals surface area contributed by atoms with Gasteiger partial charge in [-0.05, 0) is 58.2 Å². The molecule has 1 aliphatic rings. The number of rotatable bonds is 7. The Labute approximate surface area is 108 Å². The minimum atomic E-state index is 0.384. The molecule has 1 atom stereocenters. The molecule has 0 amide bonds. The van der Waals surface area contributed by atoms with Gasteiger partial charge in [-0.2, -0.15) is 0 Å². The van der Waals surface area contributed by atoms with Crippen molar-refractivity contribution in [2.45, 2.75) is 71.4 Å². The van der Waals surface area contributed by atoms with E-state index in [4.69, 9.17) is 0 Å². The summed E-state index contributed by atoms with van der Waals surface area (Å²) >= 11 is 0. The van der Waals surface area contributed by atoms with Crippen LogP contribution in [0.15, 0.2) is 0 Å². The maximum Gasteiger partial charge on any atom is 0.0357 e. The van der Waals surface area contributed by atoms with Crippen LogP contribution in [0.2, 0.25) is 0 Å². The van der Waals surface area contributed by atoms with E-state index in [1.165, 1.54) is 45.2 Å². The molecule has 1 rings (SSSR count). The van der Waals surface area contributed by atoms with Crippen molar-refractivity contribution in [2.75, 3.05) is 20.1 Å². The Kier molecular flexibility index (Phi) is 5.94. The van der Waals surface area contributed by atoms with Crippen molar-refractivity contribution in [3.05, 3.63) is 0 Å². The first-order valence-corrected chi connectivity index (χ1v) is 7.53. The third kappa shape index (κ3) is 3.23. The van der Waals surface area contributed by atoms with Crippen LogP contribution in [0.4, 0.5) is 0 Å². The van der Waals surface area contributed by atoms with Crippen molar-refractivity contribution in [1.29, 1.82) is 0 Å². The fraction of sp³-hybridized carbons (Fsp3) is 1.00. The minimum absolute atomic E-state index is 0.384. The predicted molar refractivity (Wildman–Crippen MR) is 76.4 cm³/mol. The van der Waals surface area contributed by atoms with Gasteiger partial charge in [-0.1, -0.05) is 27.7 Å². The van der Waals surface area contributed by atoms with E-state index in [2.05, 4.69) is 45.0 Å². The zero-order chi connectivity index (χ0) is 12.9. The van der Waals surface area contributed by atoms with Gasteiger partial charge in [-0.15, -0.1) is 0 Å². The van der Waals surface area contributed by atoms with Crippen LogP contribution in [-0.4, -0.2) is 36.6 Å². The van der Waals surface area contributed by atoms with E-state index >= 15 is 0 Å². The molecule has 1 saturated heterocycles. The van der Waals surface area contributed by atoms with Crippen molar-refractivity contribution in [3.63, 3.8) is 0 Å². The molecule has 17 heavy (non-hydrogen) atoms. The van der Waals surface area contributed by atoms with E-state index in [1.54, 1.807) is 0 Å². The molecular formula is C15H32N2. The van der Waals surface area contributed by atoms with Gasteiger partial charge in [0.05, 0.1) is 0 Å². The molecule has 0 saturated carbocycles. The van der Waals surface area contributed by atoms with Crippen LogP contribution in [0.3, 0.4) is 0 Å². The molecule has 1 N–H and O–H groups in total. The molecule has 1 fully saturated rings. The summed E-state index contributed by atoms with van der Waals surface area (Å²) in [5.41, 5.74) is 0.384.